The monoisotopic (exact) mass is 408 g/mol. The molecule has 5 atom stereocenters. The Morgan fingerprint density at radius 1 is 1.13 bits per heavy atom. The van der Waals surface area contributed by atoms with Crippen molar-refractivity contribution < 1.29 is 14.4 Å². The summed E-state index contributed by atoms with van der Waals surface area (Å²) in [7, 11) is 0. The third-order valence-electron chi connectivity index (χ3n) is 7.23. The van der Waals surface area contributed by atoms with E-state index in [0.29, 0.717) is 35.1 Å². The van der Waals surface area contributed by atoms with Crippen molar-refractivity contribution in [2.45, 2.75) is 64.1 Å². The molecule has 2 aliphatic carbocycles. The number of para-hydroxylation sites is 1. The lowest BCUT2D eigenvalue weighted by molar-refractivity contribution is -0.139. The minimum absolute atomic E-state index is 0.0151. The third kappa shape index (κ3) is 3.30. The van der Waals surface area contributed by atoms with Crippen LogP contribution in [-0.2, 0) is 16.1 Å². The minimum atomic E-state index is -0.611. The van der Waals surface area contributed by atoms with Gasteiger partial charge in [-0.15, -0.1) is 0 Å². The van der Waals surface area contributed by atoms with Gasteiger partial charge in [0.2, 0.25) is 5.91 Å². The van der Waals surface area contributed by atoms with Crippen LogP contribution in [0.25, 0.3) is 10.9 Å². The number of aromatic nitrogens is 2. The first-order chi connectivity index (χ1) is 14.4. The highest BCUT2D eigenvalue weighted by atomic mass is 16.2. The van der Waals surface area contributed by atoms with E-state index in [1.165, 1.54) is 6.42 Å². The SMILES string of the molecule is CC1CCC(CC(=O)[C@@H]2C[C@H]3C[C@H]3N2C(=O)Cn2nc(C(N)=O)c3ccccc32)C1. The van der Waals surface area contributed by atoms with Crippen molar-refractivity contribution in [2.75, 3.05) is 0 Å². The number of amides is 2. The summed E-state index contributed by atoms with van der Waals surface area (Å²) < 4.78 is 1.55. The summed E-state index contributed by atoms with van der Waals surface area (Å²) in [5.41, 5.74) is 6.35. The lowest BCUT2D eigenvalue weighted by Gasteiger charge is -2.27. The van der Waals surface area contributed by atoms with Crippen LogP contribution in [0.5, 0.6) is 0 Å². The van der Waals surface area contributed by atoms with Crippen LogP contribution in [0.4, 0.5) is 0 Å². The first kappa shape index (κ1) is 19.3. The Kier molecular flexibility index (Phi) is 4.64. The lowest BCUT2D eigenvalue weighted by atomic mass is 9.94. The average Bonchev–Trinajstić information content (AvgIpc) is 3.03. The van der Waals surface area contributed by atoms with E-state index in [9.17, 15) is 14.4 Å². The molecule has 1 aromatic carbocycles. The van der Waals surface area contributed by atoms with Crippen LogP contribution in [0.1, 0.15) is 55.9 Å². The van der Waals surface area contributed by atoms with E-state index < -0.39 is 5.91 Å². The highest BCUT2D eigenvalue weighted by Gasteiger charge is 2.55. The summed E-state index contributed by atoms with van der Waals surface area (Å²) in [5, 5.41) is 4.95. The van der Waals surface area contributed by atoms with Crippen LogP contribution in [0.2, 0.25) is 0 Å². The summed E-state index contributed by atoms with van der Waals surface area (Å²) in [5.74, 6) is 1.14. The van der Waals surface area contributed by atoms with Gasteiger partial charge in [0.15, 0.2) is 11.5 Å². The summed E-state index contributed by atoms with van der Waals surface area (Å²) in [6, 6.07) is 7.16. The van der Waals surface area contributed by atoms with Crippen molar-refractivity contribution in [3.63, 3.8) is 0 Å². The zero-order valence-corrected chi connectivity index (χ0v) is 17.3. The van der Waals surface area contributed by atoms with E-state index in [0.717, 1.165) is 25.7 Å². The molecule has 7 nitrogen and oxygen atoms in total. The van der Waals surface area contributed by atoms with Gasteiger partial charge in [-0.25, -0.2) is 0 Å². The largest absolute Gasteiger partial charge is 0.364 e. The molecule has 2 unspecified atom stereocenters. The number of hydrogen-bond donors (Lipinski definition) is 1. The van der Waals surface area contributed by atoms with Crippen molar-refractivity contribution in [1.29, 1.82) is 0 Å². The molecule has 0 bridgehead atoms. The molecule has 1 aliphatic heterocycles. The topological polar surface area (TPSA) is 98.3 Å². The van der Waals surface area contributed by atoms with Gasteiger partial charge in [0.25, 0.3) is 5.91 Å². The van der Waals surface area contributed by atoms with Crippen LogP contribution in [0.15, 0.2) is 24.3 Å². The smallest absolute Gasteiger partial charge is 0.269 e. The van der Waals surface area contributed by atoms with Gasteiger partial charge in [0.05, 0.1) is 11.6 Å². The summed E-state index contributed by atoms with van der Waals surface area (Å²) in [4.78, 5) is 39.9. The van der Waals surface area contributed by atoms with Crippen LogP contribution < -0.4 is 5.73 Å². The van der Waals surface area contributed by atoms with Crippen molar-refractivity contribution in [3.05, 3.63) is 30.0 Å². The number of carbonyl (C=O) groups excluding carboxylic acids is 3. The fourth-order valence-electron chi connectivity index (χ4n) is 5.67. The minimum Gasteiger partial charge on any atom is -0.364 e. The number of rotatable bonds is 6. The molecule has 2 heterocycles. The molecule has 2 aromatic rings. The first-order valence-corrected chi connectivity index (χ1v) is 11.0. The fourth-order valence-corrected chi connectivity index (χ4v) is 5.67. The number of fused-ring (bicyclic) bond motifs is 2. The third-order valence-corrected chi connectivity index (χ3v) is 7.23. The van der Waals surface area contributed by atoms with Gasteiger partial charge in [-0.05, 0) is 49.5 Å². The second kappa shape index (κ2) is 7.22. The van der Waals surface area contributed by atoms with Gasteiger partial charge in [-0.1, -0.05) is 31.5 Å². The second-order valence-electron chi connectivity index (χ2n) is 9.46. The number of nitrogens with zero attached hydrogens (tertiary/aromatic N) is 3. The number of benzene rings is 1. The quantitative estimate of drug-likeness (QED) is 0.794. The molecule has 3 aliphatic rings. The normalized spacial score (nSPS) is 29.9. The Hall–Kier alpha value is -2.70. The maximum absolute atomic E-state index is 13.3. The Bertz CT molecular complexity index is 1030. The van der Waals surface area contributed by atoms with Crippen molar-refractivity contribution in [2.24, 2.45) is 23.5 Å². The molecule has 7 heteroatoms. The maximum atomic E-state index is 13.3. The predicted molar refractivity (Wildman–Crippen MR) is 112 cm³/mol. The Morgan fingerprint density at radius 2 is 1.93 bits per heavy atom. The molecule has 0 spiro atoms. The molecule has 2 N–H and O–H groups in total. The van der Waals surface area contributed by atoms with E-state index in [-0.39, 0.29) is 36.0 Å². The van der Waals surface area contributed by atoms with Gasteiger partial charge < -0.3 is 10.6 Å². The Labute approximate surface area is 175 Å². The first-order valence-electron chi connectivity index (χ1n) is 11.0. The van der Waals surface area contributed by atoms with E-state index in [1.54, 1.807) is 10.7 Å². The Morgan fingerprint density at radius 3 is 2.67 bits per heavy atom. The van der Waals surface area contributed by atoms with Gasteiger partial charge in [0.1, 0.15) is 6.54 Å². The number of primary amides is 1. The molecule has 158 valence electrons. The van der Waals surface area contributed by atoms with Gasteiger partial charge in [-0.3, -0.25) is 19.1 Å². The van der Waals surface area contributed by atoms with Crippen LogP contribution >= 0.6 is 0 Å². The lowest BCUT2D eigenvalue weighted by Crippen LogP contribution is -2.45. The highest BCUT2D eigenvalue weighted by Crippen LogP contribution is 2.49. The molecular weight excluding hydrogens is 380 g/mol. The second-order valence-corrected chi connectivity index (χ2v) is 9.46. The number of likely N-dealkylation sites (tertiary alicyclic amines) is 1. The van der Waals surface area contributed by atoms with E-state index >= 15 is 0 Å². The summed E-state index contributed by atoms with van der Waals surface area (Å²) >= 11 is 0. The molecule has 2 amide bonds. The van der Waals surface area contributed by atoms with Crippen molar-refractivity contribution in [3.8, 4) is 0 Å². The average molecular weight is 409 g/mol. The zero-order chi connectivity index (χ0) is 21.0. The zero-order valence-electron chi connectivity index (χ0n) is 17.3. The van der Waals surface area contributed by atoms with Gasteiger partial charge in [0, 0.05) is 17.8 Å². The van der Waals surface area contributed by atoms with E-state index in [4.69, 9.17) is 5.73 Å². The Balaban J connectivity index is 1.35. The molecule has 30 heavy (non-hydrogen) atoms. The number of ketones is 1. The molecule has 0 radical (unpaired) electrons. The van der Waals surface area contributed by atoms with Gasteiger partial charge in [-0.2, -0.15) is 5.10 Å². The number of Topliss-reactive ketones (excluding diaryl/α,β-unsaturated/α-hetero) is 1. The molecule has 5 rings (SSSR count). The molecule has 1 aromatic heterocycles. The van der Waals surface area contributed by atoms with E-state index in [1.807, 2.05) is 23.1 Å². The van der Waals surface area contributed by atoms with Crippen LogP contribution in [0, 0.1) is 17.8 Å². The maximum Gasteiger partial charge on any atom is 0.269 e. The van der Waals surface area contributed by atoms with Crippen molar-refractivity contribution >= 4 is 28.5 Å². The number of piperidine rings is 1. The standard InChI is InChI=1S/C23H28N4O3/c1-13-6-7-14(8-13)9-20(28)19-11-15-10-18(15)27(19)21(29)12-26-17-5-3-2-4-16(17)22(25-26)23(24)30/h2-5,13-15,18-19H,6-12H2,1H3,(H2,24,30)/t13?,14?,15-,18-,19+/m1/s1. The fraction of sp³-hybridized carbons (Fsp3) is 0.565. The molecule has 1 saturated heterocycles. The summed E-state index contributed by atoms with van der Waals surface area (Å²) in [6.45, 7) is 2.26. The number of hydrogen-bond acceptors (Lipinski definition) is 4. The van der Waals surface area contributed by atoms with E-state index in [2.05, 4.69) is 12.0 Å². The molecular formula is C23H28N4O3. The van der Waals surface area contributed by atoms with Crippen LogP contribution in [-0.4, -0.2) is 44.4 Å². The van der Waals surface area contributed by atoms with Crippen LogP contribution in [0.3, 0.4) is 0 Å². The number of carbonyl (C=O) groups is 3. The van der Waals surface area contributed by atoms with Gasteiger partial charge >= 0.3 is 0 Å². The predicted octanol–water partition coefficient (Wildman–Crippen LogP) is 2.52. The highest BCUT2D eigenvalue weighted by molar-refractivity contribution is 6.04. The summed E-state index contributed by atoms with van der Waals surface area (Å²) in [6.07, 6.45) is 5.82. The van der Waals surface area contributed by atoms with Crippen molar-refractivity contribution in [1.82, 2.24) is 14.7 Å². The molecule has 3 fully saturated rings. The number of nitrogens with two attached hydrogens (primary N) is 1. The molecule has 2 saturated carbocycles.